The SMILES string of the molecule is CCC1(C(=O)NCC2(C(=O)O)CC2)CCC1. The molecule has 1 amide bonds. The van der Waals surface area contributed by atoms with Gasteiger partial charge in [-0.15, -0.1) is 0 Å². The molecule has 0 bridgehead atoms. The van der Waals surface area contributed by atoms with Gasteiger partial charge in [0, 0.05) is 12.0 Å². The number of aliphatic carboxylic acids is 1. The Morgan fingerprint density at radius 3 is 2.12 bits per heavy atom. The van der Waals surface area contributed by atoms with E-state index in [1.54, 1.807) is 0 Å². The average Bonchev–Trinajstić information content (AvgIpc) is 2.94. The van der Waals surface area contributed by atoms with Crippen LogP contribution in [-0.2, 0) is 9.59 Å². The molecular formula is C12H19NO3. The van der Waals surface area contributed by atoms with Crippen LogP contribution in [0.25, 0.3) is 0 Å². The number of carboxylic acids is 1. The van der Waals surface area contributed by atoms with Gasteiger partial charge in [0.25, 0.3) is 0 Å². The van der Waals surface area contributed by atoms with E-state index in [9.17, 15) is 9.59 Å². The lowest BCUT2D eigenvalue weighted by molar-refractivity contribution is -0.144. The standard InChI is InChI=1S/C12H19NO3/c1-2-11(4-3-5-11)9(14)13-8-12(6-7-12)10(15)16/h2-8H2,1H3,(H,13,14)(H,15,16). The molecule has 4 nitrogen and oxygen atoms in total. The Bertz CT molecular complexity index is 311. The summed E-state index contributed by atoms with van der Waals surface area (Å²) in [6.07, 6.45) is 5.28. The Kier molecular flexibility index (Phi) is 2.68. The van der Waals surface area contributed by atoms with Crippen LogP contribution in [0, 0.1) is 10.8 Å². The Labute approximate surface area is 95.4 Å². The molecule has 0 unspecified atom stereocenters. The van der Waals surface area contributed by atoms with Crippen molar-refractivity contribution in [3.8, 4) is 0 Å². The van der Waals surface area contributed by atoms with E-state index in [-0.39, 0.29) is 11.3 Å². The fourth-order valence-corrected chi connectivity index (χ4v) is 2.40. The molecule has 0 aliphatic heterocycles. The summed E-state index contributed by atoms with van der Waals surface area (Å²) in [6.45, 7) is 2.34. The molecule has 0 atom stereocenters. The summed E-state index contributed by atoms with van der Waals surface area (Å²) in [5.74, 6) is -0.708. The van der Waals surface area contributed by atoms with Crippen LogP contribution in [0.2, 0.25) is 0 Å². The van der Waals surface area contributed by atoms with Gasteiger partial charge in [0.1, 0.15) is 0 Å². The number of amides is 1. The molecule has 0 saturated heterocycles. The zero-order valence-corrected chi connectivity index (χ0v) is 9.71. The van der Waals surface area contributed by atoms with Gasteiger partial charge < -0.3 is 10.4 Å². The normalized spacial score (nSPS) is 24.3. The summed E-state index contributed by atoms with van der Waals surface area (Å²) >= 11 is 0. The van der Waals surface area contributed by atoms with Crippen LogP contribution < -0.4 is 5.32 Å². The Morgan fingerprint density at radius 1 is 1.19 bits per heavy atom. The monoisotopic (exact) mass is 225 g/mol. The predicted molar refractivity (Wildman–Crippen MR) is 58.9 cm³/mol. The Balaban J connectivity index is 1.86. The number of rotatable bonds is 5. The Hall–Kier alpha value is -1.06. The highest BCUT2D eigenvalue weighted by atomic mass is 16.4. The molecule has 2 aliphatic carbocycles. The van der Waals surface area contributed by atoms with Gasteiger partial charge in [-0.05, 0) is 32.1 Å². The molecule has 0 spiro atoms. The first-order chi connectivity index (χ1) is 7.55. The van der Waals surface area contributed by atoms with Crippen LogP contribution in [0.3, 0.4) is 0 Å². The third-order valence-corrected chi connectivity index (χ3v) is 4.36. The van der Waals surface area contributed by atoms with Crippen LogP contribution in [0.1, 0.15) is 45.4 Å². The van der Waals surface area contributed by atoms with Crippen LogP contribution in [0.15, 0.2) is 0 Å². The topological polar surface area (TPSA) is 66.4 Å². The van der Waals surface area contributed by atoms with Gasteiger partial charge in [-0.3, -0.25) is 9.59 Å². The summed E-state index contributed by atoms with van der Waals surface area (Å²) in [5, 5.41) is 11.8. The lowest BCUT2D eigenvalue weighted by atomic mass is 9.66. The van der Waals surface area contributed by atoms with Crippen molar-refractivity contribution in [1.29, 1.82) is 0 Å². The molecule has 2 N–H and O–H groups in total. The van der Waals surface area contributed by atoms with Gasteiger partial charge >= 0.3 is 5.97 Å². The van der Waals surface area contributed by atoms with E-state index in [1.807, 2.05) is 6.92 Å². The quantitative estimate of drug-likeness (QED) is 0.746. The summed E-state index contributed by atoms with van der Waals surface area (Å²) < 4.78 is 0. The number of carbonyl (C=O) groups is 2. The molecule has 2 saturated carbocycles. The van der Waals surface area contributed by atoms with E-state index < -0.39 is 11.4 Å². The fraction of sp³-hybridized carbons (Fsp3) is 0.833. The molecule has 90 valence electrons. The van der Waals surface area contributed by atoms with Crippen molar-refractivity contribution in [2.75, 3.05) is 6.54 Å². The maximum absolute atomic E-state index is 12.0. The molecule has 0 aromatic carbocycles. The van der Waals surface area contributed by atoms with Crippen molar-refractivity contribution in [2.24, 2.45) is 10.8 Å². The third kappa shape index (κ3) is 1.70. The highest BCUT2D eigenvalue weighted by molar-refractivity contribution is 5.85. The summed E-state index contributed by atoms with van der Waals surface area (Å²) in [4.78, 5) is 22.9. The molecule has 4 heteroatoms. The van der Waals surface area contributed by atoms with E-state index in [0.717, 1.165) is 25.7 Å². The molecule has 2 aliphatic rings. The van der Waals surface area contributed by atoms with E-state index in [4.69, 9.17) is 5.11 Å². The first kappa shape index (κ1) is 11.4. The predicted octanol–water partition coefficient (Wildman–Crippen LogP) is 1.55. The number of carboxylic acid groups (broad SMARTS) is 1. The zero-order valence-electron chi connectivity index (χ0n) is 9.71. The van der Waals surface area contributed by atoms with Crippen LogP contribution >= 0.6 is 0 Å². The van der Waals surface area contributed by atoms with Crippen molar-refractivity contribution in [1.82, 2.24) is 5.32 Å². The van der Waals surface area contributed by atoms with Gasteiger partial charge in [-0.25, -0.2) is 0 Å². The van der Waals surface area contributed by atoms with E-state index in [2.05, 4.69) is 5.32 Å². The second-order valence-corrected chi connectivity index (χ2v) is 5.26. The van der Waals surface area contributed by atoms with Gasteiger partial charge in [-0.2, -0.15) is 0 Å². The Morgan fingerprint density at radius 2 is 1.81 bits per heavy atom. The molecule has 2 rings (SSSR count). The van der Waals surface area contributed by atoms with Crippen molar-refractivity contribution in [3.05, 3.63) is 0 Å². The smallest absolute Gasteiger partial charge is 0.311 e. The lowest BCUT2D eigenvalue weighted by Crippen LogP contribution is -2.47. The van der Waals surface area contributed by atoms with Crippen molar-refractivity contribution < 1.29 is 14.7 Å². The summed E-state index contributed by atoms with van der Waals surface area (Å²) in [6, 6.07) is 0. The number of hydrogen-bond donors (Lipinski definition) is 2. The molecule has 16 heavy (non-hydrogen) atoms. The lowest BCUT2D eigenvalue weighted by Gasteiger charge is -2.39. The first-order valence-corrected chi connectivity index (χ1v) is 6.06. The zero-order chi connectivity index (χ0) is 11.8. The maximum atomic E-state index is 12.0. The van der Waals surface area contributed by atoms with Crippen LogP contribution in [0.4, 0.5) is 0 Å². The molecular weight excluding hydrogens is 206 g/mol. The second kappa shape index (κ2) is 3.75. The molecule has 0 radical (unpaired) electrons. The largest absolute Gasteiger partial charge is 0.481 e. The minimum Gasteiger partial charge on any atom is -0.481 e. The summed E-state index contributed by atoms with van der Waals surface area (Å²) in [5.41, 5.74) is -0.830. The first-order valence-electron chi connectivity index (χ1n) is 6.06. The van der Waals surface area contributed by atoms with E-state index in [1.165, 1.54) is 0 Å². The second-order valence-electron chi connectivity index (χ2n) is 5.26. The fourth-order valence-electron chi connectivity index (χ4n) is 2.40. The molecule has 2 fully saturated rings. The number of hydrogen-bond acceptors (Lipinski definition) is 2. The molecule has 0 aromatic rings. The highest BCUT2D eigenvalue weighted by Gasteiger charge is 2.51. The maximum Gasteiger partial charge on any atom is 0.311 e. The van der Waals surface area contributed by atoms with Crippen LogP contribution in [-0.4, -0.2) is 23.5 Å². The molecule has 0 heterocycles. The van der Waals surface area contributed by atoms with Crippen molar-refractivity contribution >= 4 is 11.9 Å². The van der Waals surface area contributed by atoms with Crippen molar-refractivity contribution in [3.63, 3.8) is 0 Å². The van der Waals surface area contributed by atoms with Gasteiger partial charge in [0.15, 0.2) is 0 Å². The third-order valence-electron chi connectivity index (χ3n) is 4.36. The van der Waals surface area contributed by atoms with Crippen LogP contribution in [0.5, 0.6) is 0 Å². The van der Waals surface area contributed by atoms with E-state index >= 15 is 0 Å². The minimum absolute atomic E-state index is 0.0637. The van der Waals surface area contributed by atoms with Gasteiger partial charge in [0.2, 0.25) is 5.91 Å². The number of nitrogens with one attached hydrogen (secondary N) is 1. The van der Waals surface area contributed by atoms with E-state index in [0.29, 0.717) is 19.4 Å². The van der Waals surface area contributed by atoms with Gasteiger partial charge in [-0.1, -0.05) is 13.3 Å². The highest BCUT2D eigenvalue weighted by Crippen LogP contribution is 2.47. The minimum atomic E-state index is -0.771. The number of carbonyl (C=O) groups excluding carboxylic acids is 1. The van der Waals surface area contributed by atoms with Crippen molar-refractivity contribution in [2.45, 2.75) is 45.4 Å². The summed E-state index contributed by atoms with van der Waals surface area (Å²) in [7, 11) is 0. The van der Waals surface area contributed by atoms with Gasteiger partial charge in [0.05, 0.1) is 5.41 Å². The molecule has 0 aromatic heterocycles. The average molecular weight is 225 g/mol.